The Labute approximate surface area is 146 Å². The molecular formula is C17H28IN3. The van der Waals surface area contributed by atoms with E-state index >= 15 is 0 Å². The molecule has 0 radical (unpaired) electrons. The molecule has 0 atom stereocenters. The molecule has 1 aromatic rings. The monoisotopic (exact) mass is 401 g/mol. The molecule has 2 rings (SSSR count). The summed E-state index contributed by atoms with van der Waals surface area (Å²) < 4.78 is 0. The van der Waals surface area contributed by atoms with Gasteiger partial charge in [-0.05, 0) is 32.3 Å². The first kappa shape index (κ1) is 18.3. The molecule has 0 bridgehead atoms. The van der Waals surface area contributed by atoms with Crippen LogP contribution in [0.2, 0.25) is 0 Å². The quantitative estimate of drug-likeness (QED) is 0.459. The molecule has 4 heteroatoms. The number of hydrogen-bond donors (Lipinski definition) is 2. The Morgan fingerprint density at radius 1 is 1.19 bits per heavy atom. The smallest absolute Gasteiger partial charge is 0.191 e. The van der Waals surface area contributed by atoms with Gasteiger partial charge in [0, 0.05) is 25.0 Å². The third-order valence-corrected chi connectivity index (χ3v) is 4.19. The van der Waals surface area contributed by atoms with Gasteiger partial charge in [-0.15, -0.1) is 24.0 Å². The highest BCUT2D eigenvalue weighted by Gasteiger charge is 2.35. The summed E-state index contributed by atoms with van der Waals surface area (Å²) in [6.45, 7) is 5.23. The number of hydrogen-bond acceptors (Lipinski definition) is 1. The van der Waals surface area contributed by atoms with Crippen molar-refractivity contribution in [3.05, 3.63) is 35.9 Å². The number of nitrogens with zero attached hydrogens (tertiary/aromatic N) is 1. The fourth-order valence-corrected chi connectivity index (χ4v) is 3.13. The number of nitrogens with one attached hydrogen (secondary N) is 2. The summed E-state index contributed by atoms with van der Waals surface area (Å²) >= 11 is 0. The van der Waals surface area contributed by atoms with Crippen molar-refractivity contribution in [3.8, 4) is 0 Å². The Morgan fingerprint density at radius 2 is 1.81 bits per heavy atom. The zero-order valence-corrected chi connectivity index (χ0v) is 15.7. The second-order valence-electron chi connectivity index (χ2n) is 6.08. The SMILES string of the molecule is CN=C(NCC1(c2ccccc2)CCCC1)NC(C)C.I. The lowest BCUT2D eigenvalue weighted by Crippen LogP contribution is -2.46. The second kappa shape index (κ2) is 8.61. The van der Waals surface area contributed by atoms with Gasteiger partial charge in [0.1, 0.15) is 0 Å². The third-order valence-electron chi connectivity index (χ3n) is 4.19. The normalized spacial score (nSPS) is 17.4. The van der Waals surface area contributed by atoms with Crippen molar-refractivity contribution in [1.82, 2.24) is 10.6 Å². The van der Waals surface area contributed by atoms with Crippen LogP contribution in [0, 0.1) is 0 Å². The minimum absolute atomic E-state index is 0. The van der Waals surface area contributed by atoms with Crippen LogP contribution >= 0.6 is 24.0 Å². The van der Waals surface area contributed by atoms with Gasteiger partial charge in [0.05, 0.1) is 0 Å². The Hall–Kier alpha value is -0.780. The fourth-order valence-electron chi connectivity index (χ4n) is 3.13. The number of benzene rings is 1. The molecule has 0 spiro atoms. The van der Waals surface area contributed by atoms with Crippen LogP contribution in [0.25, 0.3) is 0 Å². The van der Waals surface area contributed by atoms with Gasteiger partial charge in [-0.1, -0.05) is 43.2 Å². The van der Waals surface area contributed by atoms with Crippen molar-refractivity contribution in [1.29, 1.82) is 0 Å². The lowest BCUT2D eigenvalue weighted by molar-refractivity contribution is 0.431. The molecule has 1 aromatic carbocycles. The van der Waals surface area contributed by atoms with E-state index in [0.717, 1.165) is 12.5 Å². The Kier molecular flexibility index (Phi) is 7.49. The van der Waals surface area contributed by atoms with Crippen molar-refractivity contribution < 1.29 is 0 Å². The Bertz CT molecular complexity index is 437. The molecule has 1 saturated carbocycles. The maximum atomic E-state index is 4.31. The van der Waals surface area contributed by atoms with Gasteiger partial charge in [-0.25, -0.2) is 0 Å². The van der Waals surface area contributed by atoms with Crippen molar-refractivity contribution in [2.45, 2.75) is 51.0 Å². The van der Waals surface area contributed by atoms with Gasteiger partial charge >= 0.3 is 0 Å². The van der Waals surface area contributed by atoms with Gasteiger partial charge in [-0.3, -0.25) is 4.99 Å². The van der Waals surface area contributed by atoms with E-state index in [-0.39, 0.29) is 29.4 Å². The first-order valence-electron chi connectivity index (χ1n) is 7.69. The summed E-state index contributed by atoms with van der Waals surface area (Å²) in [5.74, 6) is 0.905. The molecule has 0 amide bonds. The predicted octanol–water partition coefficient (Wildman–Crippen LogP) is 3.69. The predicted molar refractivity (Wildman–Crippen MR) is 102 cm³/mol. The summed E-state index contributed by atoms with van der Waals surface area (Å²) in [5.41, 5.74) is 1.74. The van der Waals surface area contributed by atoms with Crippen LogP contribution in [0.4, 0.5) is 0 Å². The van der Waals surface area contributed by atoms with Crippen molar-refractivity contribution >= 4 is 29.9 Å². The number of guanidine groups is 1. The molecule has 1 fully saturated rings. The molecule has 1 aliphatic carbocycles. The number of aliphatic imine (C=N–C) groups is 1. The van der Waals surface area contributed by atoms with E-state index in [9.17, 15) is 0 Å². The highest BCUT2D eigenvalue weighted by Crippen LogP contribution is 2.40. The zero-order chi connectivity index (χ0) is 14.4. The Morgan fingerprint density at radius 3 is 2.33 bits per heavy atom. The third kappa shape index (κ3) is 4.87. The summed E-state index contributed by atoms with van der Waals surface area (Å²) in [6, 6.07) is 11.3. The molecule has 0 saturated heterocycles. The summed E-state index contributed by atoms with van der Waals surface area (Å²) in [4.78, 5) is 4.31. The van der Waals surface area contributed by atoms with Crippen LogP contribution in [-0.2, 0) is 5.41 Å². The Balaban J connectivity index is 0.00000220. The van der Waals surface area contributed by atoms with Crippen LogP contribution < -0.4 is 10.6 Å². The number of rotatable bonds is 4. The van der Waals surface area contributed by atoms with Crippen molar-refractivity contribution in [2.24, 2.45) is 4.99 Å². The average Bonchev–Trinajstić information content (AvgIpc) is 2.94. The van der Waals surface area contributed by atoms with Crippen LogP contribution in [-0.4, -0.2) is 25.6 Å². The highest BCUT2D eigenvalue weighted by atomic mass is 127. The van der Waals surface area contributed by atoms with E-state index in [4.69, 9.17) is 0 Å². The molecule has 118 valence electrons. The van der Waals surface area contributed by atoms with Gasteiger partial charge < -0.3 is 10.6 Å². The molecule has 1 aliphatic rings. The molecule has 0 aliphatic heterocycles. The van der Waals surface area contributed by atoms with E-state index in [0.29, 0.717) is 6.04 Å². The largest absolute Gasteiger partial charge is 0.356 e. The first-order chi connectivity index (χ1) is 9.66. The minimum Gasteiger partial charge on any atom is -0.356 e. The minimum atomic E-state index is 0. The van der Waals surface area contributed by atoms with E-state index in [1.54, 1.807) is 0 Å². The molecule has 0 unspecified atom stereocenters. The van der Waals surface area contributed by atoms with Crippen molar-refractivity contribution in [3.63, 3.8) is 0 Å². The van der Waals surface area contributed by atoms with Crippen LogP contribution in [0.15, 0.2) is 35.3 Å². The molecule has 21 heavy (non-hydrogen) atoms. The molecule has 3 nitrogen and oxygen atoms in total. The van der Waals surface area contributed by atoms with Crippen molar-refractivity contribution in [2.75, 3.05) is 13.6 Å². The van der Waals surface area contributed by atoms with Gasteiger partial charge in [-0.2, -0.15) is 0 Å². The van der Waals surface area contributed by atoms with Gasteiger partial charge in [0.25, 0.3) is 0 Å². The summed E-state index contributed by atoms with van der Waals surface area (Å²) in [5, 5.41) is 6.88. The molecule has 2 N–H and O–H groups in total. The topological polar surface area (TPSA) is 36.4 Å². The number of halogens is 1. The van der Waals surface area contributed by atoms with Crippen LogP contribution in [0.5, 0.6) is 0 Å². The second-order valence-corrected chi connectivity index (χ2v) is 6.08. The maximum absolute atomic E-state index is 4.31. The standard InChI is InChI=1S/C17H27N3.HI/c1-14(2)20-16(18-3)19-13-17(11-7-8-12-17)15-9-5-4-6-10-15;/h4-6,9-10,14H,7-8,11-13H2,1-3H3,(H2,18,19,20);1H. The van der Waals surface area contributed by atoms with Crippen LogP contribution in [0.1, 0.15) is 45.1 Å². The zero-order valence-electron chi connectivity index (χ0n) is 13.4. The van der Waals surface area contributed by atoms with E-state index < -0.39 is 0 Å². The molecule has 0 heterocycles. The lowest BCUT2D eigenvalue weighted by atomic mass is 9.79. The summed E-state index contributed by atoms with van der Waals surface area (Å²) in [7, 11) is 1.83. The van der Waals surface area contributed by atoms with Gasteiger partial charge in [0.2, 0.25) is 0 Å². The van der Waals surface area contributed by atoms with E-state index in [2.05, 4.69) is 59.8 Å². The maximum Gasteiger partial charge on any atom is 0.191 e. The van der Waals surface area contributed by atoms with Gasteiger partial charge in [0.15, 0.2) is 5.96 Å². The van der Waals surface area contributed by atoms with E-state index in [1.807, 2.05) is 7.05 Å². The lowest BCUT2D eigenvalue weighted by Gasteiger charge is -2.31. The van der Waals surface area contributed by atoms with Crippen LogP contribution in [0.3, 0.4) is 0 Å². The fraction of sp³-hybridized carbons (Fsp3) is 0.588. The average molecular weight is 401 g/mol. The molecular weight excluding hydrogens is 373 g/mol. The first-order valence-corrected chi connectivity index (χ1v) is 7.69. The highest BCUT2D eigenvalue weighted by molar-refractivity contribution is 14.0. The summed E-state index contributed by atoms with van der Waals surface area (Å²) in [6.07, 6.45) is 5.19. The van der Waals surface area contributed by atoms with E-state index in [1.165, 1.54) is 31.2 Å². The molecule has 0 aromatic heterocycles.